The molecule has 0 amide bonds. The van der Waals surface area contributed by atoms with Crippen molar-refractivity contribution in [1.82, 2.24) is 19.8 Å². The van der Waals surface area contributed by atoms with Gasteiger partial charge in [0.2, 0.25) is 0 Å². The Hall–Kier alpha value is -1.24. The third-order valence-corrected chi connectivity index (χ3v) is 3.75. The molecule has 3 N–H and O–H groups in total. The number of nitrogen functional groups attached to an aromatic ring is 1. The molecule has 0 saturated carbocycles. The van der Waals surface area contributed by atoms with E-state index in [2.05, 4.69) is 39.3 Å². The first-order chi connectivity index (χ1) is 9.08. The first kappa shape index (κ1) is 14.2. The van der Waals surface area contributed by atoms with E-state index in [9.17, 15) is 0 Å². The summed E-state index contributed by atoms with van der Waals surface area (Å²) in [5.41, 5.74) is 3.53. The molecule has 6 heteroatoms. The van der Waals surface area contributed by atoms with E-state index in [0.717, 1.165) is 18.1 Å². The van der Waals surface area contributed by atoms with Gasteiger partial charge in [-0.1, -0.05) is 0 Å². The van der Waals surface area contributed by atoms with Crippen molar-refractivity contribution in [2.24, 2.45) is 5.84 Å². The molecule has 0 bridgehead atoms. The Morgan fingerprint density at radius 3 is 2.74 bits per heavy atom. The predicted octanol–water partition coefficient (Wildman–Crippen LogP) is 0.597. The van der Waals surface area contributed by atoms with Gasteiger partial charge >= 0.3 is 0 Å². The second kappa shape index (κ2) is 6.27. The Kier molecular flexibility index (Phi) is 4.68. The van der Waals surface area contributed by atoms with Gasteiger partial charge in [0.1, 0.15) is 11.6 Å². The van der Waals surface area contributed by atoms with Crippen LogP contribution >= 0.6 is 0 Å². The van der Waals surface area contributed by atoms with Crippen LogP contribution in [-0.4, -0.2) is 53.0 Å². The van der Waals surface area contributed by atoms with Gasteiger partial charge in [0, 0.05) is 17.8 Å². The molecule has 106 valence electrons. The lowest BCUT2D eigenvalue weighted by Crippen LogP contribution is -2.41. The lowest BCUT2D eigenvalue weighted by atomic mass is 10.0. The van der Waals surface area contributed by atoms with Crippen LogP contribution in [0, 0.1) is 6.92 Å². The van der Waals surface area contributed by atoms with E-state index in [-0.39, 0.29) is 0 Å². The van der Waals surface area contributed by atoms with Gasteiger partial charge in [0.05, 0.1) is 6.54 Å². The number of anilines is 1. The molecule has 1 aromatic rings. The van der Waals surface area contributed by atoms with Gasteiger partial charge in [-0.05, 0) is 47.0 Å². The standard InChI is InChI=1S/C13H24N6/c1-10-8-12(17-14)16-13(15-10)9-19(3)11-4-6-18(2)7-5-11/h8,11H,4-7,9,14H2,1-3H3,(H,15,16,17). The number of aromatic nitrogens is 2. The molecular weight excluding hydrogens is 240 g/mol. The van der Waals surface area contributed by atoms with Gasteiger partial charge in [-0.15, -0.1) is 0 Å². The molecule has 1 aliphatic heterocycles. The molecule has 0 unspecified atom stereocenters. The highest BCUT2D eigenvalue weighted by atomic mass is 15.3. The van der Waals surface area contributed by atoms with Crippen LogP contribution in [0.1, 0.15) is 24.4 Å². The van der Waals surface area contributed by atoms with Crippen molar-refractivity contribution in [3.8, 4) is 0 Å². The van der Waals surface area contributed by atoms with Gasteiger partial charge in [-0.2, -0.15) is 0 Å². The topological polar surface area (TPSA) is 70.3 Å². The van der Waals surface area contributed by atoms with Gasteiger partial charge in [0.25, 0.3) is 0 Å². The highest BCUT2D eigenvalue weighted by Gasteiger charge is 2.21. The SMILES string of the molecule is Cc1cc(NN)nc(CN(C)C2CCN(C)CC2)n1. The normalized spacial score (nSPS) is 17.9. The number of rotatable bonds is 4. The summed E-state index contributed by atoms with van der Waals surface area (Å²) in [7, 11) is 4.33. The monoisotopic (exact) mass is 264 g/mol. The van der Waals surface area contributed by atoms with Crippen LogP contribution in [0.3, 0.4) is 0 Å². The van der Waals surface area contributed by atoms with Crippen LogP contribution in [0.5, 0.6) is 0 Å². The highest BCUT2D eigenvalue weighted by molar-refractivity contribution is 5.33. The Labute approximate surface area is 115 Å². The van der Waals surface area contributed by atoms with E-state index in [1.165, 1.54) is 25.9 Å². The number of nitrogens with two attached hydrogens (primary N) is 1. The summed E-state index contributed by atoms with van der Waals surface area (Å²) < 4.78 is 0. The number of nitrogens with zero attached hydrogens (tertiary/aromatic N) is 4. The summed E-state index contributed by atoms with van der Waals surface area (Å²) in [4.78, 5) is 13.6. The number of hydrogen-bond donors (Lipinski definition) is 2. The number of hydrogen-bond acceptors (Lipinski definition) is 6. The smallest absolute Gasteiger partial charge is 0.145 e. The number of likely N-dealkylation sites (tertiary alicyclic amines) is 1. The van der Waals surface area contributed by atoms with Crippen molar-refractivity contribution in [2.45, 2.75) is 32.4 Å². The maximum absolute atomic E-state index is 5.42. The molecule has 0 aromatic carbocycles. The molecule has 1 fully saturated rings. The molecule has 0 spiro atoms. The lowest BCUT2D eigenvalue weighted by Gasteiger charge is -2.34. The summed E-state index contributed by atoms with van der Waals surface area (Å²) in [6.07, 6.45) is 2.42. The van der Waals surface area contributed by atoms with Crippen molar-refractivity contribution in [1.29, 1.82) is 0 Å². The fraction of sp³-hybridized carbons (Fsp3) is 0.692. The summed E-state index contributed by atoms with van der Waals surface area (Å²) in [5.74, 6) is 6.93. The molecule has 0 atom stereocenters. The molecule has 1 aliphatic rings. The van der Waals surface area contributed by atoms with E-state index < -0.39 is 0 Å². The van der Waals surface area contributed by atoms with Crippen molar-refractivity contribution in [3.05, 3.63) is 17.6 Å². The zero-order chi connectivity index (χ0) is 13.8. The van der Waals surface area contributed by atoms with Crippen LogP contribution in [0.2, 0.25) is 0 Å². The van der Waals surface area contributed by atoms with Gasteiger partial charge in [-0.25, -0.2) is 15.8 Å². The fourth-order valence-electron chi connectivity index (χ4n) is 2.56. The second-order valence-corrected chi connectivity index (χ2v) is 5.40. The largest absolute Gasteiger partial charge is 0.308 e. The summed E-state index contributed by atoms with van der Waals surface area (Å²) in [6.45, 7) is 5.06. The van der Waals surface area contributed by atoms with E-state index >= 15 is 0 Å². The van der Waals surface area contributed by atoms with E-state index in [1.807, 2.05) is 13.0 Å². The number of piperidine rings is 1. The third-order valence-electron chi connectivity index (χ3n) is 3.75. The predicted molar refractivity (Wildman–Crippen MR) is 76.6 cm³/mol. The summed E-state index contributed by atoms with van der Waals surface area (Å²) in [6, 6.07) is 2.47. The van der Waals surface area contributed by atoms with Crippen molar-refractivity contribution in [3.63, 3.8) is 0 Å². The first-order valence-electron chi connectivity index (χ1n) is 6.78. The van der Waals surface area contributed by atoms with Crippen molar-refractivity contribution < 1.29 is 0 Å². The van der Waals surface area contributed by atoms with E-state index in [0.29, 0.717) is 11.9 Å². The minimum absolute atomic E-state index is 0.620. The first-order valence-corrected chi connectivity index (χ1v) is 6.78. The second-order valence-electron chi connectivity index (χ2n) is 5.40. The third kappa shape index (κ3) is 3.86. The lowest BCUT2D eigenvalue weighted by molar-refractivity contribution is 0.137. The number of aryl methyl sites for hydroxylation is 1. The minimum atomic E-state index is 0.620. The van der Waals surface area contributed by atoms with Gasteiger partial charge in [0.15, 0.2) is 0 Å². The van der Waals surface area contributed by atoms with E-state index in [1.54, 1.807) is 0 Å². The van der Waals surface area contributed by atoms with Crippen molar-refractivity contribution >= 4 is 5.82 Å². The molecule has 2 rings (SSSR count). The zero-order valence-corrected chi connectivity index (χ0v) is 12.1. The van der Waals surface area contributed by atoms with Crippen LogP contribution in [0.4, 0.5) is 5.82 Å². The summed E-state index contributed by atoms with van der Waals surface area (Å²) in [5, 5.41) is 0. The van der Waals surface area contributed by atoms with Crippen LogP contribution < -0.4 is 11.3 Å². The minimum Gasteiger partial charge on any atom is -0.308 e. The zero-order valence-electron chi connectivity index (χ0n) is 12.1. The molecule has 0 aliphatic carbocycles. The number of nitrogens with one attached hydrogen (secondary N) is 1. The highest BCUT2D eigenvalue weighted by Crippen LogP contribution is 2.16. The van der Waals surface area contributed by atoms with Crippen LogP contribution in [0.15, 0.2) is 6.07 Å². The quantitative estimate of drug-likeness (QED) is 0.613. The molecular formula is C13H24N6. The number of hydrazine groups is 1. The van der Waals surface area contributed by atoms with Crippen LogP contribution in [-0.2, 0) is 6.54 Å². The average Bonchev–Trinajstić information content (AvgIpc) is 2.38. The maximum Gasteiger partial charge on any atom is 0.145 e. The van der Waals surface area contributed by atoms with Gasteiger partial charge < -0.3 is 10.3 Å². The maximum atomic E-state index is 5.42. The molecule has 19 heavy (non-hydrogen) atoms. The molecule has 6 nitrogen and oxygen atoms in total. The molecule has 1 saturated heterocycles. The van der Waals surface area contributed by atoms with Crippen LogP contribution in [0.25, 0.3) is 0 Å². The Balaban J connectivity index is 1.98. The average molecular weight is 264 g/mol. The molecule has 2 heterocycles. The molecule has 0 radical (unpaired) electrons. The Morgan fingerprint density at radius 1 is 1.42 bits per heavy atom. The summed E-state index contributed by atoms with van der Waals surface area (Å²) >= 11 is 0. The van der Waals surface area contributed by atoms with Crippen molar-refractivity contribution in [2.75, 3.05) is 32.6 Å². The van der Waals surface area contributed by atoms with Gasteiger partial charge in [-0.3, -0.25) is 4.90 Å². The fourth-order valence-corrected chi connectivity index (χ4v) is 2.56. The Bertz CT molecular complexity index is 414. The Morgan fingerprint density at radius 2 is 2.11 bits per heavy atom. The molecule has 1 aromatic heterocycles. The van der Waals surface area contributed by atoms with E-state index in [4.69, 9.17) is 5.84 Å².